The number of thiazole rings is 1. The summed E-state index contributed by atoms with van der Waals surface area (Å²) in [6.07, 6.45) is 0. The van der Waals surface area contributed by atoms with Gasteiger partial charge in [-0.3, -0.25) is 10.1 Å². The van der Waals surface area contributed by atoms with Crippen LogP contribution in [0.1, 0.15) is 5.56 Å². The monoisotopic (exact) mass is 298 g/mol. The SMILES string of the molecule is Cc1cccc(OCC(=O)Nc2nc3ccccc3s2)c1. The van der Waals surface area contributed by atoms with E-state index in [2.05, 4.69) is 10.3 Å². The van der Waals surface area contributed by atoms with Gasteiger partial charge in [-0.2, -0.15) is 0 Å². The lowest BCUT2D eigenvalue weighted by atomic mass is 10.2. The molecule has 0 saturated carbocycles. The highest BCUT2D eigenvalue weighted by atomic mass is 32.1. The number of rotatable bonds is 4. The molecule has 3 aromatic rings. The Labute approximate surface area is 126 Å². The standard InChI is InChI=1S/C16H14N2O2S/c1-11-5-4-6-12(9-11)20-10-15(19)18-16-17-13-7-2-3-8-14(13)21-16/h2-9H,10H2,1H3,(H,17,18,19). The predicted octanol–water partition coefficient (Wildman–Crippen LogP) is 3.62. The van der Waals surface area contributed by atoms with E-state index >= 15 is 0 Å². The lowest BCUT2D eigenvalue weighted by Crippen LogP contribution is -2.20. The van der Waals surface area contributed by atoms with Crippen molar-refractivity contribution < 1.29 is 9.53 Å². The molecule has 21 heavy (non-hydrogen) atoms. The first kappa shape index (κ1) is 13.6. The number of carbonyl (C=O) groups excluding carboxylic acids is 1. The van der Waals surface area contributed by atoms with Crippen LogP contribution in [-0.4, -0.2) is 17.5 Å². The van der Waals surface area contributed by atoms with Gasteiger partial charge in [0.25, 0.3) is 5.91 Å². The van der Waals surface area contributed by atoms with Crippen molar-refractivity contribution in [1.29, 1.82) is 0 Å². The highest BCUT2D eigenvalue weighted by Crippen LogP contribution is 2.25. The predicted molar refractivity (Wildman–Crippen MR) is 84.9 cm³/mol. The molecule has 3 rings (SSSR count). The Hall–Kier alpha value is -2.40. The van der Waals surface area contributed by atoms with E-state index in [4.69, 9.17) is 4.74 Å². The Bertz CT molecular complexity index is 750. The summed E-state index contributed by atoms with van der Waals surface area (Å²) in [5.74, 6) is 0.477. The van der Waals surface area contributed by atoms with E-state index < -0.39 is 0 Å². The number of aromatic nitrogens is 1. The number of hydrogen-bond donors (Lipinski definition) is 1. The second-order valence-corrected chi connectivity index (χ2v) is 5.67. The smallest absolute Gasteiger partial charge is 0.264 e. The quantitative estimate of drug-likeness (QED) is 0.800. The normalized spacial score (nSPS) is 10.5. The van der Waals surface area contributed by atoms with Crippen molar-refractivity contribution in [2.45, 2.75) is 6.92 Å². The Kier molecular flexibility index (Phi) is 3.83. The van der Waals surface area contributed by atoms with E-state index in [9.17, 15) is 4.79 Å². The summed E-state index contributed by atoms with van der Waals surface area (Å²) >= 11 is 1.45. The maximum absolute atomic E-state index is 11.9. The van der Waals surface area contributed by atoms with E-state index in [0.29, 0.717) is 10.9 Å². The van der Waals surface area contributed by atoms with Crippen LogP contribution in [0.3, 0.4) is 0 Å². The van der Waals surface area contributed by atoms with Crippen LogP contribution < -0.4 is 10.1 Å². The number of anilines is 1. The first-order chi connectivity index (χ1) is 10.2. The molecule has 0 radical (unpaired) electrons. The number of hydrogen-bond acceptors (Lipinski definition) is 4. The number of nitrogens with one attached hydrogen (secondary N) is 1. The minimum atomic E-state index is -0.212. The number of benzene rings is 2. The molecule has 1 amide bonds. The lowest BCUT2D eigenvalue weighted by Gasteiger charge is -2.06. The number of para-hydroxylation sites is 1. The zero-order valence-corrected chi connectivity index (χ0v) is 12.3. The Morgan fingerprint density at radius 1 is 1.24 bits per heavy atom. The van der Waals surface area contributed by atoms with E-state index in [1.165, 1.54) is 11.3 Å². The Morgan fingerprint density at radius 3 is 2.90 bits per heavy atom. The van der Waals surface area contributed by atoms with E-state index in [1.54, 1.807) is 0 Å². The van der Waals surface area contributed by atoms with Gasteiger partial charge in [0.1, 0.15) is 5.75 Å². The van der Waals surface area contributed by atoms with Crippen molar-refractivity contribution in [2.24, 2.45) is 0 Å². The summed E-state index contributed by atoms with van der Waals surface area (Å²) in [5, 5.41) is 3.35. The number of amides is 1. The highest BCUT2D eigenvalue weighted by molar-refractivity contribution is 7.22. The molecule has 4 nitrogen and oxygen atoms in total. The van der Waals surface area contributed by atoms with Crippen molar-refractivity contribution in [3.63, 3.8) is 0 Å². The fraction of sp³-hybridized carbons (Fsp3) is 0.125. The summed E-state index contributed by atoms with van der Waals surface area (Å²) in [4.78, 5) is 16.2. The molecule has 0 atom stereocenters. The topological polar surface area (TPSA) is 51.2 Å². The third-order valence-corrected chi connectivity index (χ3v) is 3.85. The van der Waals surface area contributed by atoms with Crippen LogP contribution in [0.5, 0.6) is 5.75 Å². The molecule has 0 aliphatic rings. The first-order valence-electron chi connectivity index (χ1n) is 6.55. The number of carbonyl (C=O) groups is 1. The summed E-state index contributed by atoms with van der Waals surface area (Å²) in [6.45, 7) is 1.95. The van der Waals surface area contributed by atoms with Gasteiger partial charge < -0.3 is 4.74 Å². The molecule has 0 spiro atoms. The molecule has 0 fully saturated rings. The van der Waals surface area contributed by atoms with Gasteiger partial charge in [0.15, 0.2) is 11.7 Å². The maximum Gasteiger partial charge on any atom is 0.264 e. The summed E-state index contributed by atoms with van der Waals surface area (Å²) in [6, 6.07) is 15.4. The molecule has 1 heterocycles. The van der Waals surface area contributed by atoms with Crippen molar-refractivity contribution in [1.82, 2.24) is 4.98 Å². The van der Waals surface area contributed by atoms with Crippen LogP contribution in [0.15, 0.2) is 48.5 Å². The fourth-order valence-corrected chi connectivity index (χ4v) is 2.82. The largest absolute Gasteiger partial charge is 0.484 e. The average Bonchev–Trinajstić information content (AvgIpc) is 2.87. The van der Waals surface area contributed by atoms with E-state index in [1.807, 2.05) is 55.5 Å². The molecule has 0 saturated heterocycles. The van der Waals surface area contributed by atoms with Gasteiger partial charge in [-0.05, 0) is 36.8 Å². The number of aryl methyl sites for hydroxylation is 1. The zero-order valence-electron chi connectivity index (χ0n) is 11.5. The van der Waals surface area contributed by atoms with Gasteiger partial charge in [0.05, 0.1) is 10.2 Å². The van der Waals surface area contributed by atoms with Crippen LogP contribution in [0, 0.1) is 6.92 Å². The fourth-order valence-electron chi connectivity index (χ4n) is 1.94. The van der Waals surface area contributed by atoms with Crippen molar-refractivity contribution in [2.75, 3.05) is 11.9 Å². The molecule has 1 N–H and O–H groups in total. The van der Waals surface area contributed by atoms with Crippen LogP contribution in [0.2, 0.25) is 0 Å². The summed E-state index contributed by atoms with van der Waals surface area (Å²) in [7, 11) is 0. The van der Waals surface area contributed by atoms with Crippen LogP contribution in [0.25, 0.3) is 10.2 Å². The summed E-state index contributed by atoms with van der Waals surface area (Å²) in [5.41, 5.74) is 1.98. The summed E-state index contributed by atoms with van der Waals surface area (Å²) < 4.78 is 6.51. The Balaban J connectivity index is 1.61. The maximum atomic E-state index is 11.9. The molecular weight excluding hydrogens is 284 g/mol. The van der Waals surface area contributed by atoms with Crippen molar-refractivity contribution in [3.05, 3.63) is 54.1 Å². The third kappa shape index (κ3) is 3.38. The molecule has 5 heteroatoms. The van der Waals surface area contributed by atoms with Crippen molar-refractivity contribution in [3.8, 4) is 5.75 Å². The molecule has 0 bridgehead atoms. The number of ether oxygens (including phenoxy) is 1. The minimum Gasteiger partial charge on any atom is -0.484 e. The molecule has 2 aromatic carbocycles. The average molecular weight is 298 g/mol. The second-order valence-electron chi connectivity index (χ2n) is 4.64. The van der Waals surface area contributed by atoms with E-state index in [-0.39, 0.29) is 12.5 Å². The van der Waals surface area contributed by atoms with Gasteiger partial charge in [0.2, 0.25) is 0 Å². The van der Waals surface area contributed by atoms with Crippen LogP contribution >= 0.6 is 11.3 Å². The van der Waals surface area contributed by atoms with Crippen molar-refractivity contribution >= 4 is 32.6 Å². The van der Waals surface area contributed by atoms with E-state index in [0.717, 1.165) is 15.8 Å². The lowest BCUT2D eigenvalue weighted by molar-refractivity contribution is -0.118. The van der Waals surface area contributed by atoms with Gasteiger partial charge in [-0.1, -0.05) is 35.6 Å². The molecule has 1 aromatic heterocycles. The van der Waals surface area contributed by atoms with Gasteiger partial charge in [-0.15, -0.1) is 0 Å². The van der Waals surface area contributed by atoms with Crippen LogP contribution in [0.4, 0.5) is 5.13 Å². The molecule has 106 valence electrons. The van der Waals surface area contributed by atoms with Gasteiger partial charge in [0, 0.05) is 0 Å². The number of fused-ring (bicyclic) bond motifs is 1. The molecular formula is C16H14N2O2S. The molecule has 0 aliphatic heterocycles. The van der Waals surface area contributed by atoms with Gasteiger partial charge in [-0.25, -0.2) is 4.98 Å². The highest BCUT2D eigenvalue weighted by Gasteiger charge is 2.08. The Morgan fingerprint density at radius 2 is 2.10 bits per heavy atom. The second kappa shape index (κ2) is 5.93. The first-order valence-corrected chi connectivity index (χ1v) is 7.37. The van der Waals surface area contributed by atoms with Gasteiger partial charge >= 0.3 is 0 Å². The molecule has 0 unspecified atom stereocenters. The number of nitrogens with zero attached hydrogens (tertiary/aromatic N) is 1. The minimum absolute atomic E-state index is 0.0284. The molecule has 0 aliphatic carbocycles. The van der Waals surface area contributed by atoms with Crippen LogP contribution in [-0.2, 0) is 4.79 Å². The zero-order chi connectivity index (χ0) is 14.7. The third-order valence-electron chi connectivity index (χ3n) is 2.90.